The van der Waals surface area contributed by atoms with E-state index in [1.165, 1.54) is 18.4 Å². The number of benzene rings is 1. The second-order valence-electron chi connectivity index (χ2n) is 2.90. The largest absolute Gasteiger partial charge is 0.475 e. The van der Waals surface area contributed by atoms with E-state index in [-0.39, 0.29) is 5.58 Å². The van der Waals surface area contributed by atoms with Crippen molar-refractivity contribution in [3.63, 3.8) is 0 Å². The van der Waals surface area contributed by atoms with Crippen molar-refractivity contribution in [2.45, 2.75) is 0 Å². The van der Waals surface area contributed by atoms with Crippen LogP contribution >= 0.6 is 0 Å². The third kappa shape index (κ3) is 1.38. The van der Waals surface area contributed by atoms with Crippen molar-refractivity contribution in [2.75, 3.05) is 0 Å². The summed E-state index contributed by atoms with van der Waals surface area (Å²) >= 11 is 0. The van der Waals surface area contributed by atoms with Gasteiger partial charge in [-0.25, -0.2) is 9.18 Å². The third-order valence-electron chi connectivity index (χ3n) is 1.99. The van der Waals surface area contributed by atoms with Crippen LogP contribution in [0.5, 0.6) is 0 Å². The van der Waals surface area contributed by atoms with E-state index in [0.29, 0.717) is 5.39 Å². The van der Waals surface area contributed by atoms with Crippen molar-refractivity contribution in [3.05, 3.63) is 35.8 Å². The number of rotatable bonds is 2. The Bertz CT molecular complexity index is 556. The van der Waals surface area contributed by atoms with E-state index in [0.717, 1.165) is 6.07 Å². The van der Waals surface area contributed by atoms with E-state index in [1.54, 1.807) is 0 Å². The molecule has 0 fully saturated rings. The highest BCUT2D eigenvalue weighted by atomic mass is 19.1. The van der Waals surface area contributed by atoms with Gasteiger partial charge in [0.1, 0.15) is 17.0 Å². The summed E-state index contributed by atoms with van der Waals surface area (Å²) in [6, 6.07) is 3.97. The Labute approximate surface area is 82.9 Å². The monoisotopic (exact) mass is 208 g/mol. The van der Waals surface area contributed by atoms with Crippen LogP contribution in [0.15, 0.2) is 28.9 Å². The first-order valence-electron chi connectivity index (χ1n) is 4.04. The van der Waals surface area contributed by atoms with Crippen molar-refractivity contribution in [2.24, 2.45) is 0 Å². The molecule has 0 bridgehead atoms. The van der Waals surface area contributed by atoms with Crippen LogP contribution in [0.25, 0.3) is 11.0 Å². The molecule has 1 aromatic carbocycles. The molecule has 0 radical (unpaired) electrons. The van der Waals surface area contributed by atoms with E-state index < -0.39 is 23.1 Å². The Morgan fingerprint density at radius 1 is 1.27 bits per heavy atom. The summed E-state index contributed by atoms with van der Waals surface area (Å²) in [5.41, 5.74) is -0.576. The van der Waals surface area contributed by atoms with Crippen LogP contribution < -0.4 is 0 Å². The van der Waals surface area contributed by atoms with Crippen LogP contribution in [0, 0.1) is 5.82 Å². The van der Waals surface area contributed by atoms with Gasteiger partial charge >= 0.3 is 5.97 Å². The van der Waals surface area contributed by atoms with Crippen molar-refractivity contribution in [1.29, 1.82) is 0 Å². The first-order chi connectivity index (χ1) is 7.11. The van der Waals surface area contributed by atoms with E-state index in [9.17, 15) is 14.0 Å². The molecule has 0 saturated carbocycles. The number of carboxylic acids is 1. The Hall–Kier alpha value is -2.17. The summed E-state index contributed by atoms with van der Waals surface area (Å²) in [6.45, 7) is 0. The van der Waals surface area contributed by atoms with Crippen molar-refractivity contribution in [3.8, 4) is 0 Å². The molecule has 1 heterocycles. The molecule has 0 atom stereocenters. The number of carbonyl (C=O) groups is 2. The minimum Gasteiger partial charge on any atom is -0.475 e. The lowest BCUT2D eigenvalue weighted by Crippen LogP contribution is -2.14. The van der Waals surface area contributed by atoms with Crippen LogP contribution in [0.2, 0.25) is 0 Å². The molecule has 2 rings (SSSR count). The molecule has 0 spiro atoms. The van der Waals surface area contributed by atoms with Gasteiger partial charge in [-0.15, -0.1) is 0 Å². The van der Waals surface area contributed by atoms with Gasteiger partial charge in [-0.05, 0) is 18.2 Å². The Kier molecular flexibility index (Phi) is 2.00. The fraction of sp³-hybridized carbons (Fsp3) is 0. The van der Waals surface area contributed by atoms with E-state index in [4.69, 9.17) is 9.52 Å². The van der Waals surface area contributed by atoms with Gasteiger partial charge in [0.05, 0.1) is 6.26 Å². The lowest BCUT2D eigenvalue weighted by molar-refractivity contribution is -0.131. The zero-order chi connectivity index (χ0) is 11.0. The predicted molar refractivity (Wildman–Crippen MR) is 48.1 cm³/mol. The molecule has 2 aromatic rings. The van der Waals surface area contributed by atoms with Gasteiger partial charge < -0.3 is 9.52 Å². The fourth-order valence-electron chi connectivity index (χ4n) is 1.33. The van der Waals surface area contributed by atoms with Crippen LogP contribution in [-0.2, 0) is 4.79 Å². The second-order valence-corrected chi connectivity index (χ2v) is 2.90. The fourth-order valence-corrected chi connectivity index (χ4v) is 1.33. The number of aliphatic carboxylic acids is 1. The highest BCUT2D eigenvalue weighted by Gasteiger charge is 2.23. The Balaban J connectivity index is 2.77. The maximum absolute atomic E-state index is 13.3. The number of hydrogen-bond acceptors (Lipinski definition) is 3. The van der Waals surface area contributed by atoms with E-state index in [2.05, 4.69) is 0 Å². The Morgan fingerprint density at radius 3 is 2.67 bits per heavy atom. The summed E-state index contributed by atoms with van der Waals surface area (Å²) in [6.07, 6.45) is 1.27. The minimum absolute atomic E-state index is 0.0394. The topological polar surface area (TPSA) is 67.5 Å². The Morgan fingerprint density at radius 2 is 2.00 bits per heavy atom. The van der Waals surface area contributed by atoms with Gasteiger partial charge in [0.25, 0.3) is 5.78 Å². The number of hydrogen-bond donors (Lipinski definition) is 1. The number of halogens is 1. The summed E-state index contributed by atoms with van der Waals surface area (Å²) in [4.78, 5) is 21.6. The zero-order valence-corrected chi connectivity index (χ0v) is 7.36. The molecule has 15 heavy (non-hydrogen) atoms. The molecule has 0 aliphatic rings. The van der Waals surface area contributed by atoms with E-state index in [1.807, 2.05) is 0 Å². The van der Waals surface area contributed by atoms with Gasteiger partial charge in [0, 0.05) is 5.39 Å². The standard InChI is InChI=1S/C10H5FO4/c11-6-2-1-5-3-4-15-9(5)7(6)8(12)10(13)14/h1-4H,(H,13,14). The molecular weight excluding hydrogens is 203 g/mol. The van der Waals surface area contributed by atoms with Gasteiger partial charge in [0.15, 0.2) is 0 Å². The number of ketones is 1. The van der Waals surface area contributed by atoms with Gasteiger partial charge in [-0.2, -0.15) is 0 Å². The van der Waals surface area contributed by atoms with Crippen LogP contribution in [0.3, 0.4) is 0 Å². The molecule has 0 unspecified atom stereocenters. The first-order valence-corrected chi connectivity index (χ1v) is 4.04. The number of furan rings is 1. The van der Waals surface area contributed by atoms with Gasteiger partial charge in [-0.3, -0.25) is 4.79 Å². The zero-order valence-electron chi connectivity index (χ0n) is 7.36. The van der Waals surface area contributed by atoms with Crippen molar-refractivity contribution >= 4 is 22.7 Å². The maximum atomic E-state index is 13.3. The lowest BCUT2D eigenvalue weighted by Gasteiger charge is -1.99. The molecule has 76 valence electrons. The SMILES string of the molecule is O=C(O)C(=O)c1c(F)ccc2ccoc12. The first kappa shape index (κ1) is 9.39. The summed E-state index contributed by atoms with van der Waals surface area (Å²) in [5, 5.41) is 8.99. The molecule has 5 heteroatoms. The normalized spacial score (nSPS) is 10.5. The minimum atomic E-state index is -1.71. The lowest BCUT2D eigenvalue weighted by atomic mass is 10.1. The molecule has 0 saturated heterocycles. The molecule has 4 nitrogen and oxygen atoms in total. The third-order valence-corrected chi connectivity index (χ3v) is 1.99. The number of carbonyl (C=O) groups excluding carboxylic acids is 1. The molecule has 0 aliphatic heterocycles. The van der Waals surface area contributed by atoms with Crippen LogP contribution in [-0.4, -0.2) is 16.9 Å². The number of carboxylic acid groups (broad SMARTS) is 1. The van der Waals surface area contributed by atoms with Gasteiger partial charge in [-0.1, -0.05) is 0 Å². The molecule has 1 N–H and O–H groups in total. The molecule has 1 aromatic heterocycles. The highest BCUT2D eigenvalue weighted by Crippen LogP contribution is 2.23. The quantitative estimate of drug-likeness (QED) is 0.604. The van der Waals surface area contributed by atoms with Crippen LogP contribution in [0.1, 0.15) is 10.4 Å². The average molecular weight is 208 g/mol. The summed E-state index contributed by atoms with van der Waals surface area (Å²) < 4.78 is 18.1. The van der Waals surface area contributed by atoms with Gasteiger partial charge in [0.2, 0.25) is 0 Å². The number of Topliss-reactive ketones (excluding diaryl/α,β-unsaturated/α-hetero) is 1. The van der Waals surface area contributed by atoms with Crippen molar-refractivity contribution < 1.29 is 23.5 Å². The predicted octanol–water partition coefficient (Wildman–Crippen LogP) is 1.84. The molecule has 0 aliphatic carbocycles. The maximum Gasteiger partial charge on any atom is 0.377 e. The summed E-state index contributed by atoms with van der Waals surface area (Å²) in [5.74, 6) is -3.92. The second kappa shape index (κ2) is 3.20. The highest BCUT2D eigenvalue weighted by molar-refractivity contribution is 6.41. The summed E-state index contributed by atoms with van der Waals surface area (Å²) in [7, 11) is 0. The molecular formula is C10H5FO4. The number of fused-ring (bicyclic) bond motifs is 1. The smallest absolute Gasteiger partial charge is 0.377 e. The average Bonchev–Trinajstić information content (AvgIpc) is 2.64. The van der Waals surface area contributed by atoms with Crippen LogP contribution in [0.4, 0.5) is 4.39 Å². The molecule has 0 amide bonds. The van der Waals surface area contributed by atoms with Crippen molar-refractivity contribution in [1.82, 2.24) is 0 Å². The van der Waals surface area contributed by atoms with E-state index >= 15 is 0 Å².